The molecule has 28 heteroatoms. The van der Waals surface area contributed by atoms with E-state index in [4.69, 9.17) is 42.8 Å². The summed E-state index contributed by atoms with van der Waals surface area (Å²) < 4.78 is 35.5. The molecule has 0 saturated heterocycles. The normalized spacial score (nSPS) is 15.7. The van der Waals surface area contributed by atoms with Crippen molar-refractivity contribution in [3.05, 3.63) is 453 Å². The van der Waals surface area contributed by atoms with Crippen LogP contribution < -0.4 is 109 Å². The zero-order chi connectivity index (χ0) is 99.5. The lowest BCUT2D eigenvalue weighted by atomic mass is 9.65. The van der Waals surface area contributed by atoms with Gasteiger partial charge in [0.25, 0.3) is 0 Å². The van der Waals surface area contributed by atoms with E-state index in [-0.39, 0.29) is 75.0 Å². The maximum absolute atomic E-state index is 14.5. The second-order valence-corrected chi connectivity index (χ2v) is 37.4. The third-order valence-corrected chi connectivity index (χ3v) is 29.3. The molecule has 0 bridgehead atoms. The molecule has 0 aromatic heterocycles. The molecule has 6 heterocycles. The minimum Gasteiger partial charge on any atom is -0.537 e. The highest BCUT2D eigenvalue weighted by molar-refractivity contribution is 6.81. The number of aliphatic hydroxyl groups excluding tert-OH is 3. The van der Waals surface area contributed by atoms with E-state index in [9.17, 15) is 39.3 Å². The van der Waals surface area contributed by atoms with Crippen LogP contribution in [0.3, 0.4) is 0 Å². The molecule has 0 radical (unpaired) electrons. The Hall–Kier alpha value is -19.4. The van der Waals surface area contributed by atoms with Gasteiger partial charge in [0.1, 0.15) is 40.3 Å². The van der Waals surface area contributed by atoms with Gasteiger partial charge in [-0.15, -0.1) is 0 Å². The van der Waals surface area contributed by atoms with E-state index >= 15 is 0 Å². The fourth-order valence-electron chi connectivity index (χ4n) is 22.2. The van der Waals surface area contributed by atoms with Gasteiger partial charge in [-0.05, 0) is 147 Å². The number of fused-ring (bicyclic) bond motifs is 2. The van der Waals surface area contributed by atoms with Gasteiger partial charge in [0.15, 0.2) is 0 Å². The van der Waals surface area contributed by atoms with Gasteiger partial charge < -0.3 is 74.5 Å². The number of allylic oxidation sites excluding steroid dienone is 6. The number of methoxy groups -OCH3 is 2. The fourth-order valence-corrected chi connectivity index (χ4v) is 22.2. The highest BCUT2D eigenvalue weighted by atomic mass is 16.5. The number of carbonyl (C=O) groups is 5. The van der Waals surface area contributed by atoms with Gasteiger partial charge in [0.05, 0.1) is 74.9 Å². The molecular formula is C120H76B6N8O14. The molecule has 9 aliphatic rings. The lowest BCUT2D eigenvalue weighted by Crippen LogP contribution is -2.48. The van der Waals surface area contributed by atoms with Gasteiger partial charge in [0, 0.05) is 93.1 Å². The molecule has 0 amide bonds. The Kier molecular flexibility index (Phi) is 20.6. The third kappa shape index (κ3) is 14.1. The van der Waals surface area contributed by atoms with Crippen LogP contribution in [0, 0.1) is 0 Å². The maximum Gasteiger partial charge on any atom is 0.539 e. The van der Waals surface area contributed by atoms with Crippen molar-refractivity contribution in [2.24, 2.45) is 14.7 Å². The van der Waals surface area contributed by atoms with E-state index in [2.05, 4.69) is 68.6 Å². The maximum atomic E-state index is 14.5. The Morgan fingerprint density at radius 1 is 0.277 bits per heavy atom. The topological polar surface area (TPSA) is 299 Å². The SMILES string of the molecule is COC(=O)c1ccc(B2N=c3c(=C4C(=O)C(c5ccc6cccc7c6c5NB(c5ccc(C(=O)OC)cc5)N7)=C4O)ccc4cccc(c34)N2)cc1.O=C1C(c2ccc3cccc4c3c2NB(c2cccc3ccccc23)O4)=C(O)C1=c1ccc2cccc3c2c1=NB(c1cccc2ccccc12)O3.O=C1C(c2ccc3cccc4c3c2NB(c2ccccc2)O4)=C(O)C1=c1ccc2cccc3c2c1=NB(c1ccccc1)O3. The molecule has 0 unspecified atom stereocenters. The van der Waals surface area contributed by atoms with Crippen LogP contribution in [0.15, 0.2) is 408 Å². The molecule has 3 aliphatic carbocycles. The molecular weight excluding hydrogens is 1840 g/mol. The van der Waals surface area contributed by atoms with Crippen LogP contribution in [0.1, 0.15) is 37.4 Å². The number of benzene rings is 20. The first-order chi connectivity index (χ1) is 72.6. The number of Topliss-reactive ketones (excluding diaryl/α,β-unsaturated/α-hetero) is 3. The summed E-state index contributed by atoms with van der Waals surface area (Å²) in [6.07, 6.45) is 0. The molecule has 20 aromatic rings. The summed E-state index contributed by atoms with van der Waals surface area (Å²) in [5, 5.41) is 72.0. The standard InChI is InChI=1S/C44H26B2N2O4.C40H28B2N4O6.C36H22B2N2O4/c49-43-39(31-23-21-27-13-7-19-35-37(27)41(31)47-45(51-35)33-17-5-11-25-9-1-3-15-29(25)33)44(50)40(43)32-24-22-28-14-8-20-36-38(28)42(32)48-46(52-36)34-18-6-12-26-10-2-4-16-30(26)34;1-51-39(49)23-9-15-25(16-10-23)41-43-29-7-3-5-21-13-19-27(35(45-41)31(21)29)33-37(47)34(38(33)48)28-20-14-22-6-4-8-30-32(22)36(28)46-42(44-30)26-17-11-24(12-18-26)40(50)52-2;41-35-31(25-19-17-21-9-7-15-27-29(21)33(25)39-37(43-27)23-11-3-1-4-12-23)36(42)32(35)26-20-18-22-10-8-16-28-30(22)34(26)40-38(44-28)24-13-5-2-6-14-24/h1-24,47,49H;3-20,43-45,47H,1-2H3;1-20,39,41H. The van der Waals surface area contributed by atoms with Crippen molar-refractivity contribution >= 4 is 252 Å². The Labute approximate surface area is 845 Å². The number of nitrogens with zero attached hydrogens (tertiary/aromatic N) is 3. The van der Waals surface area contributed by atoms with Crippen molar-refractivity contribution < 1.29 is 67.4 Å². The first-order valence-corrected chi connectivity index (χ1v) is 48.6. The van der Waals surface area contributed by atoms with Crippen molar-refractivity contribution in [1.82, 2.24) is 0 Å². The molecule has 148 heavy (non-hydrogen) atoms. The van der Waals surface area contributed by atoms with Crippen LogP contribution in [-0.2, 0) is 23.9 Å². The number of anilines is 5. The zero-order valence-corrected chi connectivity index (χ0v) is 78.9. The van der Waals surface area contributed by atoms with Gasteiger partial charge in [0.2, 0.25) is 17.3 Å². The molecule has 0 atom stereocenters. The number of ketones is 3. The minimum absolute atomic E-state index is 0.0429. The number of carbonyl (C=O) groups excluding carboxylic acids is 5. The van der Waals surface area contributed by atoms with E-state index in [1.165, 1.54) is 14.2 Å². The number of ether oxygens (including phenoxy) is 2. The second-order valence-electron chi connectivity index (χ2n) is 37.4. The quantitative estimate of drug-likeness (QED) is 0.0441. The van der Waals surface area contributed by atoms with Crippen molar-refractivity contribution in [2.75, 3.05) is 40.4 Å². The molecule has 6 aliphatic heterocycles. The molecule has 29 rings (SSSR count). The Morgan fingerprint density at radius 2 is 0.642 bits per heavy atom. The van der Waals surface area contributed by atoms with Gasteiger partial charge in [-0.1, -0.05) is 315 Å². The molecule has 0 spiro atoms. The Bertz CT molecular complexity index is 9910. The minimum atomic E-state index is -0.634. The van der Waals surface area contributed by atoms with E-state index in [0.717, 1.165) is 147 Å². The number of rotatable bonds is 11. The average molecular weight is 1920 g/mol. The van der Waals surface area contributed by atoms with Crippen molar-refractivity contribution in [3.63, 3.8) is 0 Å². The zero-order valence-electron chi connectivity index (χ0n) is 78.9. The van der Waals surface area contributed by atoms with Crippen LogP contribution >= 0.6 is 0 Å². The summed E-state index contributed by atoms with van der Waals surface area (Å²) in [4.78, 5) is 82.2. The largest absolute Gasteiger partial charge is 0.539 e. The molecule has 8 N–H and O–H groups in total. The van der Waals surface area contributed by atoms with Gasteiger partial charge in [-0.3, -0.25) is 24.2 Å². The summed E-state index contributed by atoms with van der Waals surface area (Å²) in [6, 6.07) is 121. The summed E-state index contributed by atoms with van der Waals surface area (Å²) in [5.41, 5.74) is 13.6. The van der Waals surface area contributed by atoms with E-state index < -0.39 is 47.1 Å². The number of hydrogen-bond acceptors (Lipinski definition) is 22. The average Bonchev–Trinajstić information content (AvgIpc) is 0.716. The number of nitrogens with one attached hydrogen (secondary N) is 5. The van der Waals surface area contributed by atoms with E-state index in [0.29, 0.717) is 82.5 Å². The predicted molar refractivity (Wildman–Crippen MR) is 589 cm³/mol. The van der Waals surface area contributed by atoms with Crippen molar-refractivity contribution in [2.45, 2.75) is 0 Å². The van der Waals surface area contributed by atoms with Crippen LogP contribution in [0.2, 0.25) is 0 Å². The first-order valence-electron chi connectivity index (χ1n) is 48.6. The Morgan fingerprint density at radius 3 is 1.14 bits per heavy atom. The summed E-state index contributed by atoms with van der Waals surface area (Å²) in [5.74, 6) is 1.03. The van der Waals surface area contributed by atoms with Crippen molar-refractivity contribution in [1.29, 1.82) is 0 Å². The predicted octanol–water partition coefficient (Wildman–Crippen LogP) is 14.9. The van der Waals surface area contributed by atoms with Crippen LogP contribution in [0.4, 0.5) is 28.4 Å². The monoisotopic (exact) mass is 1920 g/mol. The number of aliphatic hydroxyl groups is 3. The molecule has 22 nitrogen and oxygen atoms in total. The van der Waals surface area contributed by atoms with E-state index in [1.54, 1.807) is 24.3 Å². The van der Waals surface area contributed by atoms with E-state index in [1.807, 2.05) is 309 Å². The number of esters is 2. The lowest BCUT2D eigenvalue weighted by Gasteiger charge is -2.31. The lowest BCUT2D eigenvalue weighted by molar-refractivity contribution is -0.110. The highest BCUT2D eigenvalue weighted by Gasteiger charge is 2.45. The first kappa shape index (κ1) is 87.6. The third-order valence-electron chi connectivity index (χ3n) is 29.3. The molecule has 0 saturated carbocycles. The van der Waals surface area contributed by atoms with Crippen molar-refractivity contribution in [3.8, 4) is 23.0 Å². The van der Waals surface area contributed by atoms with Gasteiger partial charge >= 0.3 is 54.1 Å². The summed E-state index contributed by atoms with van der Waals surface area (Å²) in [6.45, 7) is -0.897. The molecule has 0 fully saturated rings. The molecule has 20 aromatic carbocycles. The van der Waals surface area contributed by atoms with Crippen LogP contribution in [-0.4, -0.2) is 101 Å². The highest BCUT2D eigenvalue weighted by Crippen LogP contribution is 2.50. The second kappa shape index (κ2) is 34.8. The van der Waals surface area contributed by atoms with Crippen LogP contribution in [0.25, 0.3) is 120 Å². The summed E-state index contributed by atoms with van der Waals surface area (Å²) >= 11 is 0. The van der Waals surface area contributed by atoms with Crippen LogP contribution in [0.5, 0.6) is 23.0 Å². The van der Waals surface area contributed by atoms with Gasteiger partial charge in [-0.2, -0.15) is 0 Å². The number of hydrogen-bond donors (Lipinski definition) is 8. The smallest absolute Gasteiger partial charge is 0.537 e. The molecule has 698 valence electrons. The fraction of sp³-hybridized carbons (Fsp3) is 0.0167. The summed E-state index contributed by atoms with van der Waals surface area (Å²) in [7, 11) is 0.519. The Balaban J connectivity index is 0.000000110. The van der Waals surface area contributed by atoms with Gasteiger partial charge in [-0.25, -0.2) is 9.59 Å².